The molecule has 11 heteroatoms. The van der Waals surface area contributed by atoms with Crippen molar-refractivity contribution in [3.63, 3.8) is 0 Å². The number of thiazole rings is 2. The maximum absolute atomic E-state index is 6.27. The molecule has 41 heavy (non-hydrogen) atoms. The molecule has 0 radical (unpaired) electrons. The quantitative estimate of drug-likeness (QED) is 0.154. The highest BCUT2D eigenvalue weighted by Crippen LogP contribution is 2.28. The van der Waals surface area contributed by atoms with E-state index >= 15 is 0 Å². The van der Waals surface area contributed by atoms with Crippen molar-refractivity contribution < 1.29 is 14.2 Å². The van der Waals surface area contributed by atoms with Crippen LogP contribution in [0.1, 0.15) is 34.5 Å². The Hall–Kier alpha value is -4.32. The van der Waals surface area contributed by atoms with Gasteiger partial charge in [-0.1, -0.05) is 71.2 Å². The fourth-order valence-electron chi connectivity index (χ4n) is 4.30. The number of hydrogen-bond acceptors (Lipinski definition) is 9. The van der Waals surface area contributed by atoms with Crippen molar-refractivity contribution in [3.8, 4) is 10.4 Å². The smallest absolute Gasteiger partial charge is 0.273 e. The van der Waals surface area contributed by atoms with Crippen molar-refractivity contribution >= 4 is 22.7 Å². The summed E-state index contributed by atoms with van der Waals surface area (Å²) in [5, 5.41) is 13.6. The lowest BCUT2D eigenvalue weighted by atomic mass is 10.1. The first-order chi connectivity index (χ1) is 20.3. The minimum Gasteiger partial charge on any atom is -0.459 e. The van der Waals surface area contributed by atoms with Crippen LogP contribution in [0, 0.1) is 0 Å². The van der Waals surface area contributed by atoms with Crippen molar-refractivity contribution in [2.45, 2.75) is 25.3 Å². The number of benzene rings is 2. The van der Waals surface area contributed by atoms with Crippen LogP contribution < -0.4 is 9.47 Å². The Labute approximate surface area is 245 Å². The van der Waals surface area contributed by atoms with E-state index in [9.17, 15) is 0 Å². The van der Waals surface area contributed by atoms with E-state index < -0.39 is 0 Å². The van der Waals surface area contributed by atoms with Crippen LogP contribution in [-0.4, -0.2) is 42.7 Å². The molecule has 2 unspecified atom stereocenters. The molecule has 0 spiro atoms. The number of rotatable bonds is 14. The van der Waals surface area contributed by atoms with Gasteiger partial charge in [0.1, 0.15) is 12.2 Å². The van der Waals surface area contributed by atoms with E-state index in [0.29, 0.717) is 36.7 Å². The zero-order valence-electron chi connectivity index (χ0n) is 22.1. The second-order valence-electron chi connectivity index (χ2n) is 9.24. The van der Waals surface area contributed by atoms with Gasteiger partial charge in [0.05, 0.1) is 26.3 Å². The largest absolute Gasteiger partial charge is 0.459 e. The Kier molecular flexibility index (Phi) is 8.76. The van der Waals surface area contributed by atoms with E-state index in [1.165, 1.54) is 22.7 Å². The Morgan fingerprint density at radius 3 is 1.44 bits per heavy atom. The SMILES string of the molecule is c1cnn(Cc2ccc(C(COCC(Oc3nccs3)c3ccc(Cn4cccn4)cc3)Oc3nccs3)cc2)c1. The normalized spacial score (nSPS) is 12.7. The molecule has 0 N–H and O–H groups in total. The van der Waals surface area contributed by atoms with E-state index in [-0.39, 0.29) is 12.2 Å². The van der Waals surface area contributed by atoms with Gasteiger partial charge in [-0.3, -0.25) is 9.36 Å². The summed E-state index contributed by atoms with van der Waals surface area (Å²) in [7, 11) is 0. The second kappa shape index (κ2) is 13.4. The summed E-state index contributed by atoms with van der Waals surface area (Å²) in [6, 6.07) is 20.5. The Morgan fingerprint density at radius 2 is 1.07 bits per heavy atom. The summed E-state index contributed by atoms with van der Waals surface area (Å²) < 4.78 is 22.6. The molecule has 4 aromatic heterocycles. The summed E-state index contributed by atoms with van der Waals surface area (Å²) in [5.41, 5.74) is 4.31. The average Bonchev–Trinajstić information content (AvgIpc) is 3.83. The van der Waals surface area contributed by atoms with Gasteiger partial charge in [-0.2, -0.15) is 10.2 Å². The van der Waals surface area contributed by atoms with Crippen LogP contribution in [-0.2, 0) is 17.8 Å². The Bertz CT molecular complexity index is 1430. The zero-order valence-corrected chi connectivity index (χ0v) is 23.7. The summed E-state index contributed by atoms with van der Waals surface area (Å²) in [5.74, 6) is 0. The van der Waals surface area contributed by atoms with E-state index in [2.05, 4.69) is 68.7 Å². The molecule has 0 amide bonds. The van der Waals surface area contributed by atoms with Crippen molar-refractivity contribution in [2.75, 3.05) is 13.2 Å². The van der Waals surface area contributed by atoms with Crippen molar-refractivity contribution in [1.82, 2.24) is 29.5 Å². The molecule has 0 fully saturated rings. The van der Waals surface area contributed by atoms with Crippen LogP contribution in [0.2, 0.25) is 0 Å². The van der Waals surface area contributed by atoms with Crippen molar-refractivity contribution in [2.24, 2.45) is 0 Å². The lowest BCUT2D eigenvalue weighted by Gasteiger charge is -2.22. The standard InChI is InChI=1S/C30H28N6O3S2/c1-11-33-35(15-1)19-23-3-7-25(8-4-23)27(38-29-31-13-17-40-29)21-37-22-28(39-30-32-14-18-41-30)26-9-5-24(6-10-26)20-36-16-2-12-34-36/h1-18,27-28H,19-22H2. The van der Waals surface area contributed by atoms with Gasteiger partial charge in [0.25, 0.3) is 10.4 Å². The van der Waals surface area contributed by atoms with Gasteiger partial charge in [-0.25, -0.2) is 9.97 Å². The molecule has 0 aliphatic rings. The third-order valence-corrected chi connectivity index (χ3v) is 7.68. The maximum atomic E-state index is 6.27. The predicted molar refractivity (Wildman–Crippen MR) is 157 cm³/mol. The van der Waals surface area contributed by atoms with Gasteiger partial charge in [0, 0.05) is 47.9 Å². The van der Waals surface area contributed by atoms with E-state index in [4.69, 9.17) is 14.2 Å². The van der Waals surface area contributed by atoms with Gasteiger partial charge in [-0.05, 0) is 34.4 Å². The number of aromatic nitrogens is 6. The first kappa shape index (κ1) is 26.9. The zero-order chi connectivity index (χ0) is 27.7. The molecule has 9 nitrogen and oxygen atoms in total. The molecule has 0 aliphatic heterocycles. The number of nitrogens with zero attached hydrogens (tertiary/aromatic N) is 6. The third-order valence-electron chi connectivity index (χ3n) is 6.35. The maximum Gasteiger partial charge on any atom is 0.273 e. The average molecular weight is 585 g/mol. The third kappa shape index (κ3) is 7.46. The van der Waals surface area contributed by atoms with Crippen LogP contribution in [0.5, 0.6) is 10.4 Å². The molecule has 0 saturated heterocycles. The lowest BCUT2D eigenvalue weighted by molar-refractivity contribution is 0.00667. The predicted octanol–water partition coefficient (Wildman–Crippen LogP) is 6.05. The van der Waals surface area contributed by atoms with Crippen LogP contribution in [0.25, 0.3) is 0 Å². The molecular weight excluding hydrogens is 557 g/mol. The highest BCUT2D eigenvalue weighted by atomic mass is 32.1. The Balaban J connectivity index is 1.14. The molecule has 6 rings (SSSR count). The summed E-state index contributed by atoms with van der Waals surface area (Å²) >= 11 is 2.91. The highest BCUT2D eigenvalue weighted by Gasteiger charge is 2.20. The van der Waals surface area contributed by atoms with Crippen molar-refractivity contribution in [1.29, 1.82) is 0 Å². The molecular formula is C30H28N6O3S2. The van der Waals surface area contributed by atoms with E-state index in [0.717, 1.165) is 22.3 Å². The first-order valence-electron chi connectivity index (χ1n) is 13.1. The van der Waals surface area contributed by atoms with Crippen LogP contribution in [0.4, 0.5) is 0 Å². The molecule has 4 heterocycles. The highest BCUT2D eigenvalue weighted by molar-refractivity contribution is 7.11. The number of ether oxygens (including phenoxy) is 3. The topological polar surface area (TPSA) is 89.1 Å². The van der Waals surface area contributed by atoms with Crippen LogP contribution in [0.3, 0.4) is 0 Å². The molecule has 0 aliphatic carbocycles. The molecule has 2 aromatic carbocycles. The van der Waals surface area contributed by atoms with Crippen LogP contribution >= 0.6 is 22.7 Å². The van der Waals surface area contributed by atoms with Crippen molar-refractivity contribution in [3.05, 3.63) is 131 Å². The van der Waals surface area contributed by atoms with Gasteiger partial charge in [0.15, 0.2) is 0 Å². The summed E-state index contributed by atoms with van der Waals surface area (Å²) in [4.78, 5) is 8.63. The van der Waals surface area contributed by atoms with Gasteiger partial charge < -0.3 is 14.2 Å². The minimum absolute atomic E-state index is 0.327. The lowest BCUT2D eigenvalue weighted by Crippen LogP contribution is -2.20. The second-order valence-corrected chi connectivity index (χ2v) is 11.0. The van der Waals surface area contributed by atoms with E-state index in [1.54, 1.807) is 24.8 Å². The first-order valence-corrected chi connectivity index (χ1v) is 14.9. The number of hydrogen-bond donors (Lipinski definition) is 0. The van der Waals surface area contributed by atoms with Gasteiger partial charge in [-0.15, -0.1) is 0 Å². The van der Waals surface area contributed by atoms with Gasteiger partial charge >= 0.3 is 0 Å². The monoisotopic (exact) mass is 584 g/mol. The fraction of sp³-hybridized carbons (Fsp3) is 0.200. The molecule has 208 valence electrons. The molecule has 0 saturated carbocycles. The minimum atomic E-state index is -0.336. The summed E-state index contributed by atoms with van der Waals surface area (Å²) in [6.07, 6.45) is 10.3. The van der Waals surface area contributed by atoms with E-state index in [1.807, 2.05) is 44.7 Å². The molecule has 0 bridgehead atoms. The van der Waals surface area contributed by atoms with Crippen LogP contribution in [0.15, 0.2) is 109 Å². The molecule has 2 atom stereocenters. The Morgan fingerprint density at radius 1 is 0.610 bits per heavy atom. The fourth-order valence-corrected chi connectivity index (χ4v) is 5.36. The van der Waals surface area contributed by atoms with Gasteiger partial charge in [0.2, 0.25) is 0 Å². The molecule has 6 aromatic rings. The summed E-state index contributed by atoms with van der Waals surface area (Å²) in [6.45, 7) is 2.07.